The van der Waals surface area contributed by atoms with Gasteiger partial charge >= 0.3 is 5.97 Å². The van der Waals surface area contributed by atoms with Crippen LogP contribution in [0.3, 0.4) is 0 Å². The van der Waals surface area contributed by atoms with Crippen LogP contribution in [0.4, 0.5) is 17.1 Å². The molecule has 0 aliphatic rings. The maximum absolute atomic E-state index is 12.5. The van der Waals surface area contributed by atoms with Gasteiger partial charge in [0.1, 0.15) is 6.04 Å². The van der Waals surface area contributed by atoms with Crippen LogP contribution in [0, 0.1) is 0 Å². The summed E-state index contributed by atoms with van der Waals surface area (Å²) < 4.78 is 0. The zero-order chi connectivity index (χ0) is 22.9. The second kappa shape index (κ2) is 10.9. The summed E-state index contributed by atoms with van der Waals surface area (Å²) in [5.41, 5.74) is 3.99. The number of anilines is 1. The maximum atomic E-state index is 12.5. The molecule has 0 saturated heterocycles. The van der Waals surface area contributed by atoms with Crippen molar-refractivity contribution in [3.63, 3.8) is 0 Å². The van der Waals surface area contributed by atoms with Gasteiger partial charge in [-0.1, -0.05) is 42.5 Å². The minimum atomic E-state index is -1.06. The smallest absolute Gasteiger partial charge is 0.326 e. The molecule has 0 fully saturated rings. The molecule has 7 nitrogen and oxygen atoms in total. The minimum absolute atomic E-state index is 0.0550. The number of hydrogen-bond donors (Lipinski definition) is 2. The zero-order valence-corrected chi connectivity index (χ0v) is 18.1. The lowest BCUT2D eigenvalue weighted by Crippen LogP contribution is -2.43. The third-order valence-electron chi connectivity index (χ3n) is 4.84. The van der Waals surface area contributed by atoms with E-state index in [1.54, 1.807) is 24.3 Å². The highest BCUT2D eigenvalue weighted by Crippen LogP contribution is 2.22. The van der Waals surface area contributed by atoms with Gasteiger partial charge in [-0.25, -0.2) is 4.79 Å². The summed E-state index contributed by atoms with van der Waals surface area (Å²) in [6, 6.07) is 23.1. The standard InChI is InChI=1S/C25H26N4O3/c1-29(2)22-13-11-20(12-14-22)27-28-21-10-6-9-19(15-21)17-24(30)26-23(25(31)32)16-18-7-4-3-5-8-18/h3-15,23H,16-17H2,1-2H3,(H,26,30)(H,31,32). The second-order valence-electron chi connectivity index (χ2n) is 7.61. The predicted molar refractivity (Wildman–Crippen MR) is 125 cm³/mol. The first-order chi connectivity index (χ1) is 15.4. The molecule has 0 spiro atoms. The molecular weight excluding hydrogens is 404 g/mol. The highest BCUT2D eigenvalue weighted by Gasteiger charge is 2.20. The highest BCUT2D eigenvalue weighted by molar-refractivity contribution is 5.85. The molecule has 3 aromatic carbocycles. The Morgan fingerprint density at radius 3 is 2.19 bits per heavy atom. The first-order valence-corrected chi connectivity index (χ1v) is 10.2. The molecular formula is C25H26N4O3. The van der Waals surface area contributed by atoms with Gasteiger partial charge < -0.3 is 15.3 Å². The van der Waals surface area contributed by atoms with E-state index in [0.29, 0.717) is 5.69 Å². The van der Waals surface area contributed by atoms with E-state index in [-0.39, 0.29) is 18.7 Å². The fourth-order valence-corrected chi connectivity index (χ4v) is 3.14. The number of nitrogens with one attached hydrogen (secondary N) is 1. The van der Waals surface area contributed by atoms with Gasteiger partial charge in [0.2, 0.25) is 5.91 Å². The number of carbonyl (C=O) groups is 2. The highest BCUT2D eigenvalue weighted by atomic mass is 16.4. The predicted octanol–water partition coefficient (Wildman–Crippen LogP) is 4.52. The van der Waals surface area contributed by atoms with E-state index in [1.807, 2.05) is 73.6 Å². The number of nitrogens with zero attached hydrogens (tertiary/aromatic N) is 3. The molecule has 0 aromatic heterocycles. The largest absolute Gasteiger partial charge is 0.480 e. The second-order valence-corrected chi connectivity index (χ2v) is 7.61. The molecule has 7 heteroatoms. The van der Waals surface area contributed by atoms with Crippen molar-refractivity contribution in [3.05, 3.63) is 90.0 Å². The molecule has 3 rings (SSSR count). The van der Waals surface area contributed by atoms with Crippen molar-refractivity contribution < 1.29 is 14.7 Å². The van der Waals surface area contributed by atoms with E-state index in [1.165, 1.54) is 0 Å². The van der Waals surface area contributed by atoms with Crippen molar-refractivity contribution in [1.29, 1.82) is 0 Å². The van der Waals surface area contributed by atoms with Gasteiger partial charge in [-0.05, 0) is 47.5 Å². The lowest BCUT2D eigenvalue weighted by molar-refractivity contribution is -0.141. The SMILES string of the molecule is CN(C)c1ccc(N=Nc2cccc(CC(=O)NC(Cc3ccccc3)C(=O)O)c2)cc1. The van der Waals surface area contributed by atoms with Gasteiger partial charge in [0.05, 0.1) is 17.8 Å². The minimum Gasteiger partial charge on any atom is -0.480 e. The van der Waals surface area contributed by atoms with Gasteiger partial charge in [0, 0.05) is 26.2 Å². The Hall–Kier alpha value is -4.00. The number of carbonyl (C=O) groups excluding carboxylic acids is 1. The van der Waals surface area contributed by atoms with Crippen LogP contribution in [-0.4, -0.2) is 37.1 Å². The van der Waals surface area contributed by atoms with Gasteiger partial charge in [-0.2, -0.15) is 10.2 Å². The molecule has 32 heavy (non-hydrogen) atoms. The summed E-state index contributed by atoms with van der Waals surface area (Å²) >= 11 is 0. The van der Waals surface area contributed by atoms with Crippen LogP contribution >= 0.6 is 0 Å². The van der Waals surface area contributed by atoms with Crippen LogP contribution in [0.1, 0.15) is 11.1 Å². The molecule has 3 aromatic rings. The van der Waals surface area contributed by atoms with Crippen molar-refractivity contribution in [3.8, 4) is 0 Å². The van der Waals surface area contributed by atoms with E-state index < -0.39 is 12.0 Å². The van der Waals surface area contributed by atoms with Crippen LogP contribution in [0.2, 0.25) is 0 Å². The lowest BCUT2D eigenvalue weighted by Gasteiger charge is -2.14. The Bertz CT molecular complexity index is 1080. The molecule has 0 aliphatic heterocycles. The monoisotopic (exact) mass is 430 g/mol. The number of aliphatic carboxylic acids is 1. The van der Waals surface area contributed by atoms with Crippen LogP contribution in [0.25, 0.3) is 0 Å². The van der Waals surface area contributed by atoms with Gasteiger partial charge in [0.15, 0.2) is 0 Å². The molecule has 0 bridgehead atoms. The molecule has 164 valence electrons. The van der Waals surface area contributed by atoms with Crippen molar-refractivity contribution in [1.82, 2.24) is 5.32 Å². The average molecular weight is 431 g/mol. The summed E-state index contributed by atoms with van der Waals surface area (Å²) in [6.07, 6.45) is 0.280. The van der Waals surface area contributed by atoms with E-state index in [0.717, 1.165) is 22.5 Å². The number of carboxylic acid groups (broad SMARTS) is 1. The number of amides is 1. The Kier molecular flexibility index (Phi) is 7.70. The molecule has 0 radical (unpaired) electrons. The quantitative estimate of drug-likeness (QED) is 0.488. The third-order valence-corrected chi connectivity index (χ3v) is 4.84. The lowest BCUT2D eigenvalue weighted by atomic mass is 10.1. The van der Waals surface area contributed by atoms with Crippen LogP contribution < -0.4 is 10.2 Å². The van der Waals surface area contributed by atoms with Crippen molar-refractivity contribution >= 4 is 28.9 Å². The van der Waals surface area contributed by atoms with E-state index in [9.17, 15) is 14.7 Å². The summed E-state index contributed by atoms with van der Waals surface area (Å²) in [7, 11) is 3.94. The fourth-order valence-electron chi connectivity index (χ4n) is 3.14. The van der Waals surface area contributed by atoms with E-state index in [4.69, 9.17) is 0 Å². The summed E-state index contributed by atoms with van der Waals surface area (Å²) in [5, 5.41) is 20.6. The molecule has 1 amide bonds. The van der Waals surface area contributed by atoms with Crippen molar-refractivity contribution in [2.45, 2.75) is 18.9 Å². The first-order valence-electron chi connectivity index (χ1n) is 10.2. The van der Waals surface area contributed by atoms with Gasteiger partial charge in [-0.15, -0.1) is 0 Å². The topological polar surface area (TPSA) is 94.4 Å². The fraction of sp³-hybridized carbons (Fsp3) is 0.200. The maximum Gasteiger partial charge on any atom is 0.326 e. The molecule has 2 N–H and O–H groups in total. The number of rotatable bonds is 9. The zero-order valence-electron chi connectivity index (χ0n) is 18.1. The first kappa shape index (κ1) is 22.7. The molecule has 0 aliphatic carbocycles. The number of carboxylic acids is 1. The summed E-state index contributed by atoms with van der Waals surface area (Å²) in [4.78, 5) is 26.0. The Balaban J connectivity index is 1.61. The van der Waals surface area contributed by atoms with Crippen LogP contribution in [-0.2, 0) is 22.4 Å². The number of azo groups is 1. The summed E-state index contributed by atoms with van der Waals surface area (Å²) in [6.45, 7) is 0. The van der Waals surface area contributed by atoms with Crippen LogP contribution in [0.15, 0.2) is 89.1 Å². The number of hydrogen-bond acceptors (Lipinski definition) is 5. The molecule has 0 saturated carbocycles. The van der Waals surface area contributed by atoms with E-state index >= 15 is 0 Å². The Morgan fingerprint density at radius 2 is 1.53 bits per heavy atom. The average Bonchev–Trinajstić information content (AvgIpc) is 2.78. The normalized spacial score (nSPS) is 11.8. The van der Waals surface area contributed by atoms with E-state index in [2.05, 4.69) is 15.5 Å². The molecule has 1 unspecified atom stereocenters. The van der Waals surface area contributed by atoms with Crippen LogP contribution in [0.5, 0.6) is 0 Å². The van der Waals surface area contributed by atoms with Crippen molar-refractivity contribution in [2.75, 3.05) is 19.0 Å². The molecule has 0 heterocycles. The molecule has 1 atom stereocenters. The Morgan fingerprint density at radius 1 is 0.875 bits per heavy atom. The summed E-state index contributed by atoms with van der Waals surface area (Å²) in [5.74, 6) is -1.42. The number of benzene rings is 3. The third kappa shape index (κ3) is 6.77. The van der Waals surface area contributed by atoms with Crippen molar-refractivity contribution in [2.24, 2.45) is 10.2 Å². The Labute approximate surface area is 187 Å². The van der Waals surface area contributed by atoms with Gasteiger partial charge in [0.25, 0.3) is 0 Å². The van der Waals surface area contributed by atoms with Gasteiger partial charge in [-0.3, -0.25) is 4.79 Å².